The van der Waals surface area contributed by atoms with E-state index in [2.05, 4.69) is 32.3 Å². The van der Waals surface area contributed by atoms with Crippen LogP contribution in [0.15, 0.2) is 36.5 Å². The highest BCUT2D eigenvalue weighted by Gasteiger charge is 2.17. The zero-order valence-electron chi connectivity index (χ0n) is 16.1. The number of pyridine rings is 1. The fourth-order valence-electron chi connectivity index (χ4n) is 4.57. The largest absolute Gasteiger partial charge is 0.371 e. The van der Waals surface area contributed by atoms with Crippen molar-refractivity contribution in [1.82, 2.24) is 9.97 Å². The number of nitrogens with one attached hydrogen (secondary N) is 2. The summed E-state index contributed by atoms with van der Waals surface area (Å²) in [5, 5.41) is 4.28. The van der Waals surface area contributed by atoms with Gasteiger partial charge in [-0.1, -0.05) is 0 Å². The molecule has 28 heavy (non-hydrogen) atoms. The van der Waals surface area contributed by atoms with Gasteiger partial charge in [-0.3, -0.25) is 9.78 Å². The van der Waals surface area contributed by atoms with Gasteiger partial charge in [0, 0.05) is 47.3 Å². The number of carbonyl (C=O) groups excluding carboxylic acids is 1. The van der Waals surface area contributed by atoms with Gasteiger partial charge in [-0.2, -0.15) is 0 Å². The molecule has 2 aromatic heterocycles. The van der Waals surface area contributed by atoms with Gasteiger partial charge >= 0.3 is 0 Å². The molecule has 5 nitrogen and oxygen atoms in total. The van der Waals surface area contributed by atoms with Crippen molar-refractivity contribution in [2.45, 2.75) is 44.9 Å². The number of piperidine rings is 1. The fourth-order valence-corrected chi connectivity index (χ4v) is 4.57. The first-order chi connectivity index (χ1) is 13.8. The normalized spacial score (nSPS) is 16.8. The molecule has 0 atom stereocenters. The number of fused-ring (bicyclic) bond motifs is 3. The van der Waals surface area contributed by atoms with E-state index in [1.165, 1.54) is 48.7 Å². The third-order valence-corrected chi connectivity index (χ3v) is 6.05. The molecule has 5 rings (SSSR count). The van der Waals surface area contributed by atoms with Crippen LogP contribution in [-0.4, -0.2) is 29.0 Å². The van der Waals surface area contributed by atoms with Gasteiger partial charge in [0.25, 0.3) is 5.91 Å². The number of H-pyrrole nitrogens is 1. The molecule has 1 amide bonds. The summed E-state index contributed by atoms with van der Waals surface area (Å²) in [7, 11) is 0. The van der Waals surface area contributed by atoms with Crippen LogP contribution >= 0.6 is 0 Å². The summed E-state index contributed by atoms with van der Waals surface area (Å²) < 4.78 is 0. The van der Waals surface area contributed by atoms with Crippen molar-refractivity contribution in [3.8, 4) is 0 Å². The molecule has 2 N–H and O–H groups in total. The summed E-state index contributed by atoms with van der Waals surface area (Å²) in [6.45, 7) is 2.11. The van der Waals surface area contributed by atoms with E-state index in [4.69, 9.17) is 0 Å². The number of carbonyl (C=O) groups is 1. The van der Waals surface area contributed by atoms with Crippen LogP contribution in [0.4, 0.5) is 11.4 Å². The van der Waals surface area contributed by atoms with Crippen molar-refractivity contribution >= 4 is 28.2 Å². The smallest absolute Gasteiger partial charge is 0.274 e. The number of anilines is 2. The lowest BCUT2D eigenvalue weighted by atomic mass is 9.95. The first kappa shape index (κ1) is 17.3. The van der Waals surface area contributed by atoms with E-state index in [1.54, 1.807) is 6.20 Å². The van der Waals surface area contributed by atoms with Gasteiger partial charge in [-0.25, -0.2) is 0 Å². The Hall–Kier alpha value is -2.82. The summed E-state index contributed by atoms with van der Waals surface area (Å²) >= 11 is 0. The maximum Gasteiger partial charge on any atom is 0.274 e. The molecule has 1 fully saturated rings. The summed E-state index contributed by atoms with van der Waals surface area (Å²) in [5.41, 5.74) is 6.34. The monoisotopic (exact) mass is 374 g/mol. The molecule has 0 saturated carbocycles. The summed E-state index contributed by atoms with van der Waals surface area (Å²) in [6, 6.07) is 10.1. The van der Waals surface area contributed by atoms with Crippen molar-refractivity contribution in [1.29, 1.82) is 0 Å². The Morgan fingerprint density at radius 2 is 1.86 bits per heavy atom. The lowest BCUT2D eigenvalue weighted by molar-refractivity contribution is 0.102. The van der Waals surface area contributed by atoms with E-state index in [0.29, 0.717) is 5.69 Å². The quantitative estimate of drug-likeness (QED) is 0.699. The second-order valence-electron chi connectivity index (χ2n) is 7.95. The summed E-state index contributed by atoms with van der Waals surface area (Å²) in [4.78, 5) is 23.0. The second kappa shape index (κ2) is 7.30. The number of aryl methyl sites for hydroxylation is 2. The minimum atomic E-state index is -0.150. The zero-order valence-corrected chi connectivity index (χ0v) is 16.1. The molecule has 1 saturated heterocycles. The lowest BCUT2D eigenvalue weighted by Gasteiger charge is -2.28. The van der Waals surface area contributed by atoms with Crippen molar-refractivity contribution in [3.05, 3.63) is 53.5 Å². The molecule has 3 heterocycles. The molecule has 0 radical (unpaired) electrons. The minimum absolute atomic E-state index is 0.150. The highest BCUT2D eigenvalue weighted by atomic mass is 16.1. The number of hydrogen-bond donors (Lipinski definition) is 2. The summed E-state index contributed by atoms with van der Waals surface area (Å²) in [5.74, 6) is -0.150. The van der Waals surface area contributed by atoms with Crippen LogP contribution in [0, 0.1) is 0 Å². The molecule has 144 valence electrons. The number of hydrogen-bond acceptors (Lipinski definition) is 3. The Labute approximate surface area is 165 Å². The van der Waals surface area contributed by atoms with Crippen molar-refractivity contribution < 1.29 is 4.79 Å². The van der Waals surface area contributed by atoms with E-state index in [-0.39, 0.29) is 5.91 Å². The first-order valence-electron chi connectivity index (χ1n) is 10.4. The predicted molar refractivity (Wildman–Crippen MR) is 113 cm³/mol. The Bertz CT molecular complexity index is 1020. The highest BCUT2D eigenvalue weighted by molar-refractivity contribution is 6.04. The first-order valence-corrected chi connectivity index (χ1v) is 10.4. The summed E-state index contributed by atoms with van der Waals surface area (Å²) in [6.07, 6.45) is 10.2. The number of aromatic nitrogens is 2. The van der Waals surface area contributed by atoms with Crippen LogP contribution in [0.1, 0.15) is 53.8 Å². The molecule has 3 aromatic rings. The van der Waals surface area contributed by atoms with Crippen LogP contribution in [-0.2, 0) is 12.8 Å². The van der Waals surface area contributed by atoms with Gasteiger partial charge in [0.1, 0.15) is 5.69 Å². The van der Waals surface area contributed by atoms with Gasteiger partial charge < -0.3 is 15.2 Å². The third-order valence-electron chi connectivity index (χ3n) is 6.05. The van der Waals surface area contributed by atoms with Crippen LogP contribution in [0.5, 0.6) is 0 Å². The molecule has 5 heteroatoms. The van der Waals surface area contributed by atoms with Crippen molar-refractivity contribution in [3.63, 3.8) is 0 Å². The van der Waals surface area contributed by atoms with E-state index in [9.17, 15) is 4.79 Å². The van der Waals surface area contributed by atoms with Crippen molar-refractivity contribution in [2.75, 3.05) is 23.3 Å². The molecule has 0 spiro atoms. The van der Waals surface area contributed by atoms with E-state index < -0.39 is 0 Å². The number of benzene rings is 1. The van der Waals surface area contributed by atoms with Crippen LogP contribution in [0.3, 0.4) is 0 Å². The van der Waals surface area contributed by atoms with E-state index >= 15 is 0 Å². The molecular formula is C23H26N4O. The van der Waals surface area contributed by atoms with E-state index in [0.717, 1.165) is 42.8 Å². The van der Waals surface area contributed by atoms with Gasteiger partial charge in [0.05, 0.1) is 0 Å². The molecular weight excluding hydrogens is 348 g/mol. The van der Waals surface area contributed by atoms with Gasteiger partial charge in [-0.15, -0.1) is 0 Å². The topological polar surface area (TPSA) is 61.0 Å². The Balaban J connectivity index is 1.38. The standard InChI is InChI=1S/C23H26N4O/c28-23(22-15-17(10-11-24-22)27-12-4-1-5-13-27)25-16-8-9-21-19(14-16)18-6-2-3-7-20(18)26-21/h8-11,14-15,26H,1-7,12-13H2,(H,25,28). The predicted octanol–water partition coefficient (Wildman–Crippen LogP) is 4.68. The Kier molecular flexibility index (Phi) is 4.51. The van der Waals surface area contributed by atoms with Gasteiger partial charge in [0.15, 0.2) is 0 Å². The number of amides is 1. The number of rotatable bonds is 3. The van der Waals surface area contributed by atoms with Crippen LogP contribution < -0.4 is 10.2 Å². The number of nitrogens with zero attached hydrogens (tertiary/aromatic N) is 2. The van der Waals surface area contributed by atoms with Crippen LogP contribution in [0.2, 0.25) is 0 Å². The average molecular weight is 374 g/mol. The zero-order chi connectivity index (χ0) is 18.9. The number of aromatic amines is 1. The molecule has 0 bridgehead atoms. The Morgan fingerprint density at radius 3 is 2.75 bits per heavy atom. The Morgan fingerprint density at radius 1 is 1.00 bits per heavy atom. The SMILES string of the molecule is O=C(Nc1ccc2[nH]c3c(c2c1)CCCC3)c1cc(N2CCCCC2)ccn1. The molecule has 1 aliphatic heterocycles. The minimum Gasteiger partial charge on any atom is -0.371 e. The molecule has 2 aliphatic rings. The third kappa shape index (κ3) is 3.26. The highest BCUT2D eigenvalue weighted by Crippen LogP contribution is 2.31. The van der Waals surface area contributed by atoms with Gasteiger partial charge in [-0.05, 0) is 80.8 Å². The van der Waals surface area contributed by atoms with Gasteiger partial charge in [0.2, 0.25) is 0 Å². The molecule has 1 aromatic carbocycles. The van der Waals surface area contributed by atoms with Crippen molar-refractivity contribution in [2.24, 2.45) is 0 Å². The van der Waals surface area contributed by atoms with E-state index in [1.807, 2.05) is 18.2 Å². The van der Waals surface area contributed by atoms with Crippen LogP contribution in [0.25, 0.3) is 10.9 Å². The lowest BCUT2D eigenvalue weighted by Crippen LogP contribution is -2.29. The maximum atomic E-state index is 12.8. The maximum absolute atomic E-state index is 12.8. The molecule has 0 unspecified atom stereocenters. The molecule has 1 aliphatic carbocycles. The fraction of sp³-hybridized carbons (Fsp3) is 0.391. The average Bonchev–Trinajstić information content (AvgIpc) is 3.12. The second-order valence-corrected chi connectivity index (χ2v) is 7.95.